The monoisotopic (exact) mass is 351 g/mol. The number of nitro benzene ring substituents is 1. The maximum absolute atomic E-state index is 11.1. The van der Waals surface area contributed by atoms with Gasteiger partial charge in [-0.25, -0.2) is 0 Å². The third-order valence-electron chi connectivity index (χ3n) is 2.64. The Labute approximate surface area is 127 Å². The number of nitrogens with zero attached hydrogens (tertiary/aromatic N) is 1. The van der Waals surface area contributed by atoms with E-state index in [1.165, 1.54) is 12.1 Å². The van der Waals surface area contributed by atoms with Crippen LogP contribution in [0.1, 0.15) is 10.4 Å². The summed E-state index contributed by atoms with van der Waals surface area (Å²) in [6.07, 6.45) is 0. The summed E-state index contributed by atoms with van der Waals surface area (Å²) in [5, 5.41) is 11.1. The van der Waals surface area contributed by atoms with Gasteiger partial charge in [-0.3, -0.25) is 14.9 Å². The molecule has 0 aliphatic carbocycles. The molecule has 2 rings (SSSR count). The number of hydrogen-bond donors (Lipinski definition) is 2. The molecule has 0 aliphatic rings. The average Bonchev–Trinajstić information content (AvgIpc) is 2.42. The van der Waals surface area contributed by atoms with Crippen LogP contribution in [0.25, 0.3) is 0 Å². The van der Waals surface area contributed by atoms with Gasteiger partial charge >= 0.3 is 5.69 Å². The third kappa shape index (κ3) is 3.29. The molecule has 0 aromatic heterocycles. The van der Waals surface area contributed by atoms with Crippen LogP contribution in [0.2, 0.25) is 0 Å². The molecule has 0 atom stereocenters. The van der Waals surface area contributed by atoms with Gasteiger partial charge in [-0.15, -0.1) is 0 Å². The molecule has 0 spiro atoms. The zero-order chi connectivity index (χ0) is 15.6. The second-order valence-corrected chi connectivity index (χ2v) is 5.00. The molecule has 0 unspecified atom stereocenters. The standard InChI is InChI=1S/C13H10BrN3O4/c14-8-2-3-9(15)12(6-8)21-11-4-1-7(13(16)18)5-10(11)17(19)20/h1-6H,15H2,(H2,16,18). The van der Waals surface area contributed by atoms with Crippen LogP contribution in [0.4, 0.5) is 11.4 Å². The van der Waals surface area contributed by atoms with Crippen molar-refractivity contribution in [3.8, 4) is 11.5 Å². The molecular formula is C13H10BrN3O4. The van der Waals surface area contributed by atoms with Gasteiger partial charge in [0.2, 0.25) is 11.7 Å². The zero-order valence-corrected chi connectivity index (χ0v) is 12.2. The van der Waals surface area contributed by atoms with Gasteiger partial charge in [-0.05, 0) is 30.3 Å². The molecule has 2 aromatic carbocycles. The first-order valence-corrected chi connectivity index (χ1v) is 6.49. The number of benzene rings is 2. The van der Waals surface area contributed by atoms with Gasteiger partial charge < -0.3 is 16.2 Å². The van der Waals surface area contributed by atoms with Gasteiger partial charge in [0, 0.05) is 16.1 Å². The summed E-state index contributed by atoms with van der Waals surface area (Å²) < 4.78 is 6.18. The van der Waals surface area contributed by atoms with Crippen molar-refractivity contribution in [2.24, 2.45) is 5.73 Å². The molecule has 0 saturated carbocycles. The normalized spacial score (nSPS) is 10.1. The minimum absolute atomic E-state index is 0.0243. The number of primary amides is 1. The van der Waals surface area contributed by atoms with Crippen molar-refractivity contribution in [3.05, 3.63) is 56.5 Å². The first kappa shape index (κ1) is 14.8. The van der Waals surface area contributed by atoms with Crippen molar-refractivity contribution in [3.63, 3.8) is 0 Å². The molecule has 0 heterocycles. The second-order valence-electron chi connectivity index (χ2n) is 4.09. The Morgan fingerprint density at radius 3 is 2.52 bits per heavy atom. The Bertz CT molecular complexity index is 733. The van der Waals surface area contributed by atoms with Crippen LogP contribution >= 0.6 is 15.9 Å². The summed E-state index contributed by atoms with van der Waals surface area (Å²) in [7, 11) is 0. The Hall–Kier alpha value is -2.61. The van der Waals surface area contributed by atoms with Crippen LogP contribution in [0, 0.1) is 10.1 Å². The number of nitrogen functional groups attached to an aromatic ring is 1. The van der Waals surface area contributed by atoms with Crippen LogP contribution in [0.15, 0.2) is 40.9 Å². The van der Waals surface area contributed by atoms with E-state index in [0.29, 0.717) is 10.2 Å². The zero-order valence-electron chi connectivity index (χ0n) is 10.6. The van der Waals surface area contributed by atoms with E-state index < -0.39 is 10.8 Å². The molecule has 1 amide bonds. The van der Waals surface area contributed by atoms with Crippen molar-refractivity contribution in [2.75, 3.05) is 5.73 Å². The van der Waals surface area contributed by atoms with Crippen molar-refractivity contribution in [1.82, 2.24) is 0 Å². The Morgan fingerprint density at radius 2 is 1.90 bits per heavy atom. The topological polar surface area (TPSA) is 121 Å². The molecule has 0 bridgehead atoms. The SMILES string of the molecule is NC(=O)c1ccc(Oc2cc(Br)ccc2N)c([N+](=O)[O-])c1. The number of hydrogen-bond acceptors (Lipinski definition) is 5. The summed E-state index contributed by atoms with van der Waals surface area (Å²) in [6, 6.07) is 8.61. The molecule has 0 saturated heterocycles. The number of halogens is 1. The number of carbonyl (C=O) groups is 1. The van der Waals surface area contributed by atoms with E-state index >= 15 is 0 Å². The van der Waals surface area contributed by atoms with Crippen LogP contribution in [0.5, 0.6) is 11.5 Å². The summed E-state index contributed by atoms with van der Waals surface area (Å²) in [4.78, 5) is 21.5. The largest absolute Gasteiger partial charge is 0.448 e. The number of nitro groups is 1. The molecule has 7 nitrogen and oxygen atoms in total. The van der Waals surface area contributed by atoms with Gasteiger partial charge in [-0.1, -0.05) is 15.9 Å². The maximum atomic E-state index is 11.1. The molecule has 4 N–H and O–H groups in total. The molecule has 2 aromatic rings. The van der Waals surface area contributed by atoms with E-state index in [0.717, 1.165) is 6.07 Å². The van der Waals surface area contributed by atoms with Gasteiger partial charge in [-0.2, -0.15) is 0 Å². The van der Waals surface area contributed by atoms with Crippen molar-refractivity contribution in [2.45, 2.75) is 0 Å². The molecule has 8 heteroatoms. The predicted molar refractivity (Wildman–Crippen MR) is 80.2 cm³/mol. The Kier molecular flexibility index (Phi) is 4.08. The van der Waals surface area contributed by atoms with Crippen molar-refractivity contribution >= 4 is 33.2 Å². The lowest BCUT2D eigenvalue weighted by atomic mass is 10.2. The number of ether oxygens (including phenoxy) is 1. The average molecular weight is 352 g/mol. The van der Waals surface area contributed by atoms with E-state index in [4.69, 9.17) is 16.2 Å². The summed E-state index contributed by atoms with van der Waals surface area (Å²) in [5.74, 6) is -0.527. The summed E-state index contributed by atoms with van der Waals surface area (Å²) >= 11 is 3.26. The fraction of sp³-hybridized carbons (Fsp3) is 0. The lowest BCUT2D eigenvalue weighted by Gasteiger charge is -2.09. The third-order valence-corrected chi connectivity index (χ3v) is 3.13. The van der Waals surface area contributed by atoms with Crippen LogP contribution in [0.3, 0.4) is 0 Å². The Morgan fingerprint density at radius 1 is 1.19 bits per heavy atom. The number of carbonyl (C=O) groups excluding carboxylic acids is 1. The minimum Gasteiger partial charge on any atom is -0.448 e. The molecule has 0 fully saturated rings. The van der Waals surface area contributed by atoms with Crippen LogP contribution in [-0.2, 0) is 0 Å². The smallest absolute Gasteiger partial charge is 0.312 e. The molecule has 21 heavy (non-hydrogen) atoms. The van der Waals surface area contributed by atoms with Gasteiger partial charge in [0.25, 0.3) is 0 Å². The first-order chi connectivity index (χ1) is 9.88. The number of anilines is 1. The highest BCUT2D eigenvalue weighted by atomic mass is 79.9. The molecule has 0 radical (unpaired) electrons. The quantitative estimate of drug-likeness (QED) is 0.498. The molecule has 108 valence electrons. The van der Waals surface area contributed by atoms with Gasteiger partial charge in [0.05, 0.1) is 10.6 Å². The van der Waals surface area contributed by atoms with E-state index in [9.17, 15) is 14.9 Å². The first-order valence-electron chi connectivity index (χ1n) is 5.69. The van der Waals surface area contributed by atoms with Gasteiger partial charge in [0.15, 0.2) is 5.75 Å². The number of nitrogens with two attached hydrogens (primary N) is 2. The van der Waals surface area contributed by atoms with Crippen molar-refractivity contribution < 1.29 is 14.5 Å². The maximum Gasteiger partial charge on any atom is 0.312 e. The lowest BCUT2D eigenvalue weighted by molar-refractivity contribution is -0.385. The summed E-state index contributed by atoms with van der Waals surface area (Å²) in [6.45, 7) is 0. The van der Waals surface area contributed by atoms with Crippen molar-refractivity contribution in [1.29, 1.82) is 0 Å². The minimum atomic E-state index is -0.758. The highest BCUT2D eigenvalue weighted by Crippen LogP contribution is 2.35. The second kappa shape index (κ2) is 5.80. The lowest BCUT2D eigenvalue weighted by Crippen LogP contribution is -2.11. The van der Waals surface area contributed by atoms with E-state index in [1.807, 2.05) is 0 Å². The number of rotatable bonds is 4. The van der Waals surface area contributed by atoms with Gasteiger partial charge in [0.1, 0.15) is 0 Å². The van der Waals surface area contributed by atoms with E-state index in [-0.39, 0.29) is 22.7 Å². The summed E-state index contributed by atoms with van der Waals surface area (Å²) in [5.41, 5.74) is 10.8. The molecule has 0 aliphatic heterocycles. The molecular weight excluding hydrogens is 342 g/mol. The number of amides is 1. The highest BCUT2D eigenvalue weighted by Gasteiger charge is 2.19. The van der Waals surface area contributed by atoms with E-state index in [2.05, 4.69) is 15.9 Å². The predicted octanol–water partition coefficient (Wildman–Crippen LogP) is 2.83. The fourth-order valence-electron chi connectivity index (χ4n) is 1.61. The van der Waals surface area contributed by atoms with Crippen LogP contribution in [-0.4, -0.2) is 10.8 Å². The fourth-order valence-corrected chi connectivity index (χ4v) is 1.95. The van der Waals surface area contributed by atoms with E-state index in [1.54, 1.807) is 18.2 Å². The van der Waals surface area contributed by atoms with Crippen LogP contribution < -0.4 is 16.2 Å². The Balaban J connectivity index is 2.46. The highest BCUT2D eigenvalue weighted by molar-refractivity contribution is 9.10.